The van der Waals surface area contributed by atoms with Gasteiger partial charge in [-0.3, -0.25) is 0 Å². The van der Waals surface area contributed by atoms with Gasteiger partial charge in [0.05, 0.1) is 12.3 Å². The summed E-state index contributed by atoms with van der Waals surface area (Å²) in [6.07, 6.45) is 5.90. The van der Waals surface area contributed by atoms with E-state index in [0.29, 0.717) is 6.04 Å². The normalized spacial score (nSPS) is 23.9. The number of nitrogens with one attached hydrogen (secondary N) is 1. The summed E-state index contributed by atoms with van der Waals surface area (Å²) in [6.45, 7) is 3.26. The molecule has 15 heavy (non-hydrogen) atoms. The molecule has 2 unspecified atom stereocenters. The summed E-state index contributed by atoms with van der Waals surface area (Å²) in [4.78, 5) is 0. The van der Waals surface area contributed by atoms with Crippen LogP contribution in [0.25, 0.3) is 0 Å². The first kappa shape index (κ1) is 11.1. The molecule has 2 atom stereocenters. The quantitative estimate of drug-likeness (QED) is 0.851. The largest absolute Gasteiger partial charge is 0.468 e. The van der Waals surface area contributed by atoms with Gasteiger partial charge in [0.25, 0.3) is 0 Å². The highest BCUT2D eigenvalue weighted by Gasteiger charge is 2.15. The Kier molecular flexibility index (Phi) is 4.15. The molecule has 1 saturated heterocycles. The number of furan rings is 1. The summed E-state index contributed by atoms with van der Waals surface area (Å²) in [7, 11) is 0. The van der Waals surface area contributed by atoms with E-state index >= 15 is 0 Å². The van der Waals surface area contributed by atoms with Crippen LogP contribution in [0.2, 0.25) is 0 Å². The molecule has 0 saturated carbocycles. The molecule has 3 heteroatoms. The SMILES string of the molecule is CC(NCC1CCCCS1)c1ccco1. The average molecular weight is 225 g/mol. The van der Waals surface area contributed by atoms with Gasteiger partial charge in [-0.15, -0.1) is 0 Å². The smallest absolute Gasteiger partial charge is 0.120 e. The van der Waals surface area contributed by atoms with Gasteiger partial charge in [-0.05, 0) is 37.7 Å². The van der Waals surface area contributed by atoms with Gasteiger partial charge in [-0.1, -0.05) is 6.42 Å². The Labute approximate surface area is 95.8 Å². The van der Waals surface area contributed by atoms with E-state index in [0.717, 1.165) is 17.6 Å². The Morgan fingerprint density at radius 1 is 1.60 bits per heavy atom. The van der Waals surface area contributed by atoms with Crippen molar-refractivity contribution in [3.63, 3.8) is 0 Å². The molecule has 1 fully saturated rings. The van der Waals surface area contributed by atoms with Crippen LogP contribution in [0.5, 0.6) is 0 Å². The number of thioether (sulfide) groups is 1. The topological polar surface area (TPSA) is 25.2 Å². The molecule has 0 aromatic carbocycles. The maximum absolute atomic E-state index is 5.37. The predicted molar refractivity (Wildman–Crippen MR) is 65.2 cm³/mol. The summed E-state index contributed by atoms with van der Waals surface area (Å²) in [5, 5.41) is 4.34. The van der Waals surface area contributed by atoms with Gasteiger partial charge in [0.15, 0.2) is 0 Å². The van der Waals surface area contributed by atoms with Crippen molar-refractivity contribution >= 4 is 11.8 Å². The highest BCUT2D eigenvalue weighted by atomic mass is 32.2. The molecular weight excluding hydrogens is 206 g/mol. The first-order valence-electron chi connectivity index (χ1n) is 5.74. The van der Waals surface area contributed by atoms with E-state index in [1.165, 1.54) is 25.0 Å². The van der Waals surface area contributed by atoms with Gasteiger partial charge in [-0.2, -0.15) is 11.8 Å². The fourth-order valence-corrected chi connectivity index (χ4v) is 3.17. The number of rotatable bonds is 4. The summed E-state index contributed by atoms with van der Waals surface area (Å²) in [5.41, 5.74) is 0. The zero-order chi connectivity index (χ0) is 10.5. The highest BCUT2D eigenvalue weighted by molar-refractivity contribution is 7.99. The maximum atomic E-state index is 5.37. The molecule has 0 amide bonds. The van der Waals surface area contributed by atoms with Gasteiger partial charge in [0.2, 0.25) is 0 Å². The van der Waals surface area contributed by atoms with E-state index in [1.54, 1.807) is 6.26 Å². The average Bonchev–Trinajstić information content (AvgIpc) is 2.81. The Hall–Kier alpha value is -0.410. The van der Waals surface area contributed by atoms with Crippen molar-refractivity contribution in [1.29, 1.82) is 0 Å². The molecule has 2 heterocycles. The minimum atomic E-state index is 0.336. The zero-order valence-electron chi connectivity index (χ0n) is 9.24. The van der Waals surface area contributed by atoms with Gasteiger partial charge < -0.3 is 9.73 Å². The Bertz CT molecular complexity index is 267. The Morgan fingerprint density at radius 2 is 2.53 bits per heavy atom. The van der Waals surface area contributed by atoms with Crippen molar-refractivity contribution in [2.75, 3.05) is 12.3 Å². The van der Waals surface area contributed by atoms with Crippen LogP contribution in [-0.2, 0) is 0 Å². The van der Waals surface area contributed by atoms with Crippen LogP contribution in [0.1, 0.15) is 38.0 Å². The lowest BCUT2D eigenvalue weighted by Crippen LogP contribution is -2.28. The fourth-order valence-electron chi connectivity index (χ4n) is 1.91. The second kappa shape index (κ2) is 5.61. The molecule has 2 nitrogen and oxygen atoms in total. The van der Waals surface area contributed by atoms with Crippen LogP contribution in [-0.4, -0.2) is 17.5 Å². The lowest BCUT2D eigenvalue weighted by atomic mass is 10.2. The van der Waals surface area contributed by atoms with E-state index in [4.69, 9.17) is 4.42 Å². The minimum Gasteiger partial charge on any atom is -0.468 e. The molecule has 1 aromatic heterocycles. The van der Waals surface area contributed by atoms with Crippen molar-refractivity contribution in [3.05, 3.63) is 24.2 Å². The number of hydrogen-bond donors (Lipinski definition) is 1. The van der Waals surface area contributed by atoms with Crippen LogP contribution < -0.4 is 5.32 Å². The van der Waals surface area contributed by atoms with Crippen molar-refractivity contribution in [2.45, 2.75) is 37.5 Å². The molecule has 2 rings (SSSR count). The third-order valence-electron chi connectivity index (χ3n) is 2.90. The predicted octanol–water partition coefficient (Wildman–Crippen LogP) is 3.22. The summed E-state index contributed by atoms with van der Waals surface area (Å²) in [6, 6.07) is 4.32. The molecule has 0 radical (unpaired) electrons. The minimum absolute atomic E-state index is 0.336. The van der Waals surface area contributed by atoms with Gasteiger partial charge >= 0.3 is 0 Å². The monoisotopic (exact) mass is 225 g/mol. The third-order valence-corrected chi connectivity index (χ3v) is 4.29. The molecule has 0 bridgehead atoms. The number of hydrogen-bond acceptors (Lipinski definition) is 3. The zero-order valence-corrected chi connectivity index (χ0v) is 10.1. The molecule has 0 aliphatic carbocycles. The molecule has 0 spiro atoms. The van der Waals surface area contributed by atoms with E-state index < -0.39 is 0 Å². The first-order chi connectivity index (χ1) is 7.36. The summed E-state index contributed by atoms with van der Waals surface area (Å²) < 4.78 is 5.37. The summed E-state index contributed by atoms with van der Waals surface area (Å²) >= 11 is 2.11. The molecule has 1 aliphatic heterocycles. The lowest BCUT2D eigenvalue weighted by molar-refractivity contribution is 0.427. The fraction of sp³-hybridized carbons (Fsp3) is 0.667. The van der Waals surface area contributed by atoms with E-state index in [-0.39, 0.29) is 0 Å². The molecule has 1 aliphatic rings. The third kappa shape index (κ3) is 3.28. The van der Waals surface area contributed by atoms with E-state index in [9.17, 15) is 0 Å². The van der Waals surface area contributed by atoms with Crippen LogP contribution in [0.15, 0.2) is 22.8 Å². The van der Waals surface area contributed by atoms with Crippen LogP contribution in [0.4, 0.5) is 0 Å². The Morgan fingerprint density at radius 3 is 3.20 bits per heavy atom. The van der Waals surface area contributed by atoms with Gasteiger partial charge in [0.1, 0.15) is 5.76 Å². The van der Waals surface area contributed by atoms with Crippen molar-refractivity contribution in [1.82, 2.24) is 5.32 Å². The van der Waals surface area contributed by atoms with Crippen LogP contribution in [0, 0.1) is 0 Å². The second-order valence-electron chi connectivity index (χ2n) is 4.13. The highest BCUT2D eigenvalue weighted by Crippen LogP contribution is 2.25. The van der Waals surface area contributed by atoms with Crippen molar-refractivity contribution < 1.29 is 4.42 Å². The maximum Gasteiger partial charge on any atom is 0.120 e. The molecular formula is C12H19NOS. The van der Waals surface area contributed by atoms with Crippen LogP contribution >= 0.6 is 11.8 Å². The Balaban J connectivity index is 1.73. The van der Waals surface area contributed by atoms with E-state index in [2.05, 4.69) is 24.0 Å². The first-order valence-corrected chi connectivity index (χ1v) is 6.79. The van der Waals surface area contributed by atoms with Crippen molar-refractivity contribution in [2.24, 2.45) is 0 Å². The molecule has 1 aromatic rings. The second-order valence-corrected chi connectivity index (χ2v) is 5.54. The van der Waals surface area contributed by atoms with Crippen molar-refractivity contribution in [3.8, 4) is 0 Å². The van der Waals surface area contributed by atoms with Crippen LogP contribution in [0.3, 0.4) is 0 Å². The van der Waals surface area contributed by atoms with E-state index in [1.807, 2.05) is 12.1 Å². The summed E-state index contributed by atoms with van der Waals surface area (Å²) in [5.74, 6) is 2.37. The molecule has 84 valence electrons. The molecule has 1 N–H and O–H groups in total. The standard InChI is InChI=1S/C12H19NOS/c1-10(12-6-4-7-14-12)13-9-11-5-2-3-8-15-11/h4,6-7,10-11,13H,2-3,5,8-9H2,1H3. The van der Waals surface area contributed by atoms with Gasteiger partial charge in [-0.25, -0.2) is 0 Å². The lowest BCUT2D eigenvalue weighted by Gasteiger charge is -2.23. The van der Waals surface area contributed by atoms with Gasteiger partial charge in [0, 0.05) is 11.8 Å².